The third kappa shape index (κ3) is 4.21. The maximum Gasteiger partial charge on any atom is 0.342 e. The molecule has 0 bridgehead atoms. The molecule has 0 aliphatic heterocycles. The number of esters is 1. The highest BCUT2D eigenvalue weighted by Crippen LogP contribution is 2.23. The highest BCUT2D eigenvalue weighted by atomic mass is 16.5. The number of rotatable bonds is 4. The molecule has 1 amide bonds. The fraction of sp³-hybridized carbons (Fsp3) is 0.500. The van der Waals surface area contributed by atoms with E-state index >= 15 is 0 Å². The monoisotopic (exact) mass is 291 g/mol. The van der Waals surface area contributed by atoms with Gasteiger partial charge in [0, 0.05) is 6.04 Å². The molecule has 1 aromatic carbocycles. The van der Waals surface area contributed by atoms with Crippen molar-refractivity contribution in [1.29, 1.82) is 0 Å². The van der Waals surface area contributed by atoms with E-state index in [9.17, 15) is 14.7 Å². The Kier molecular flexibility index (Phi) is 5.20. The number of ether oxygens (including phenoxy) is 1. The van der Waals surface area contributed by atoms with Crippen LogP contribution in [0.5, 0.6) is 5.75 Å². The van der Waals surface area contributed by atoms with Gasteiger partial charge in [-0.2, -0.15) is 0 Å². The molecule has 5 nitrogen and oxygen atoms in total. The summed E-state index contributed by atoms with van der Waals surface area (Å²) in [5.74, 6) is -0.683. The van der Waals surface area contributed by atoms with Crippen molar-refractivity contribution in [2.45, 2.75) is 38.6 Å². The van der Waals surface area contributed by atoms with Crippen LogP contribution in [-0.4, -0.2) is 29.6 Å². The average molecular weight is 291 g/mol. The maximum absolute atomic E-state index is 11.8. The molecule has 21 heavy (non-hydrogen) atoms. The zero-order valence-corrected chi connectivity index (χ0v) is 12.2. The van der Waals surface area contributed by atoms with Crippen LogP contribution in [0.15, 0.2) is 24.3 Å². The van der Waals surface area contributed by atoms with Crippen LogP contribution in [0.1, 0.15) is 43.0 Å². The number of nitrogens with one attached hydrogen (secondary N) is 1. The van der Waals surface area contributed by atoms with E-state index in [1.54, 1.807) is 12.1 Å². The van der Waals surface area contributed by atoms with E-state index in [1.807, 2.05) is 0 Å². The molecular weight excluding hydrogens is 270 g/mol. The van der Waals surface area contributed by atoms with Crippen LogP contribution < -0.4 is 5.32 Å². The molecule has 2 atom stereocenters. The average Bonchev–Trinajstić information content (AvgIpc) is 2.48. The minimum atomic E-state index is -0.694. The Morgan fingerprint density at radius 2 is 2.00 bits per heavy atom. The molecule has 1 saturated carbocycles. The topological polar surface area (TPSA) is 75.6 Å². The van der Waals surface area contributed by atoms with E-state index in [1.165, 1.54) is 18.6 Å². The lowest BCUT2D eigenvalue weighted by atomic mass is 9.86. The SMILES string of the molecule is C[C@@H]1CCCC[C@H]1NC(=O)COC(=O)c1ccccc1O. The van der Waals surface area contributed by atoms with E-state index in [0.717, 1.165) is 19.3 Å². The van der Waals surface area contributed by atoms with Gasteiger partial charge in [-0.25, -0.2) is 4.79 Å². The van der Waals surface area contributed by atoms with Gasteiger partial charge in [0.2, 0.25) is 0 Å². The lowest BCUT2D eigenvalue weighted by Gasteiger charge is -2.29. The Bertz CT molecular complexity index is 515. The van der Waals surface area contributed by atoms with E-state index < -0.39 is 5.97 Å². The minimum Gasteiger partial charge on any atom is -0.507 e. The van der Waals surface area contributed by atoms with Gasteiger partial charge < -0.3 is 15.2 Å². The number of carbonyl (C=O) groups is 2. The van der Waals surface area contributed by atoms with Gasteiger partial charge in [-0.1, -0.05) is 31.9 Å². The third-order valence-corrected chi connectivity index (χ3v) is 3.92. The van der Waals surface area contributed by atoms with Crippen molar-refractivity contribution >= 4 is 11.9 Å². The Labute approximate surface area is 124 Å². The largest absolute Gasteiger partial charge is 0.507 e. The number of hydrogen-bond acceptors (Lipinski definition) is 4. The summed E-state index contributed by atoms with van der Waals surface area (Å²) < 4.78 is 4.94. The number of phenolic OH excluding ortho intramolecular Hbond substituents is 1. The van der Waals surface area contributed by atoms with Crippen molar-refractivity contribution in [1.82, 2.24) is 5.32 Å². The third-order valence-electron chi connectivity index (χ3n) is 3.92. The second-order valence-electron chi connectivity index (χ2n) is 5.53. The first kappa shape index (κ1) is 15.4. The second kappa shape index (κ2) is 7.11. The number of phenols is 1. The zero-order chi connectivity index (χ0) is 15.2. The summed E-state index contributed by atoms with van der Waals surface area (Å²) in [7, 11) is 0. The number of benzene rings is 1. The highest BCUT2D eigenvalue weighted by Gasteiger charge is 2.23. The summed E-state index contributed by atoms with van der Waals surface area (Å²) in [6, 6.07) is 6.26. The lowest BCUT2D eigenvalue weighted by molar-refractivity contribution is -0.125. The molecule has 0 aromatic heterocycles. The number of hydrogen-bond donors (Lipinski definition) is 2. The van der Waals surface area contributed by atoms with Crippen LogP contribution >= 0.6 is 0 Å². The number of amides is 1. The van der Waals surface area contributed by atoms with Crippen molar-refractivity contribution in [3.8, 4) is 5.75 Å². The molecule has 0 radical (unpaired) electrons. The van der Waals surface area contributed by atoms with Gasteiger partial charge in [0.05, 0.1) is 0 Å². The van der Waals surface area contributed by atoms with Crippen molar-refractivity contribution in [2.75, 3.05) is 6.61 Å². The van der Waals surface area contributed by atoms with Gasteiger partial charge >= 0.3 is 5.97 Å². The van der Waals surface area contributed by atoms with E-state index in [4.69, 9.17) is 4.74 Å². The lowest BCUT2D eigenvalue weighted by Crippen LogP contribution is -2.42. The first-order chi connectivity index (χ1) is 10.1. The molecule has 1 fully saturated rings. The number of para-hydroxylation sites is 1. The Balaban J connectivity index is 1.81. The van der Waals surface area contributed by atoms with Crippen molar-refractivity contribution < 1.29 is 19.4 Å². The predicted molar refractivity (Wildman–Crippen MR) is 78.0 cm³/mol. The van der Waals surface area contributed by atoms with Gasteiger partial charge in [-0.3, -0.25) is 4.79 Å². The summed E-state index contributed by atoms with van der Waals surface area (Å²) >= 11 is 0. The molecule has 1 aliphatic rings. The summed E-state index contributed by atoms with van der Waals surface area (Å²) in [6.45, 7) is 1.80. The summed E-state index contributed by atoms with van der Waals surface area (Å²) in [5.41, 5.74) is 0.0661. The molecule has 0 saturated heterocycles. The standard InChI is InChI=1S/C16H21NO4/c1-11-6-2-4-8-13(11)17-15(19)10-21-16(20)12-7-3-5-9-14(12)18/h3,5,7,9,11,13,18H,2,4,6,8,10H2,1H3,(H,17,19)/t11-,13-/m1/s1. The number of carbonyl (C=O) groups excluding carboxylic acids is 2. The van der Waals surface area contributed by atoms with E-state index in [0.29, 0.717) is 5.92 Å². The zero-order valence-electron chi connectivity index (χ0n) is 12.2. The molecule has 0 unspecified atom stereocenters. The van der Waals surface area contributed by atoms with Crippen LogP contribution in [0.4, 0.5) is 0 Å². The van der Waals surface area contributed by atoms with E-state index in [2.05, 4.69) is 12.2 Å². The highest BCUT2D eigenvalue weighted by molar-refractivity contribution is 5.93. The summed E-state index contributed by atoms with van der Waals surface area (Å²) in [4.78, 5) is 23.6. The molecule has 2 N–H and O–H groups in total. The maximum atomic E-state index is 11.8. The molecule has 2 rings (SSSR count). The summed E-state index contributed by atoms with van der Waals surface area (Å²) in [5, 5.41) is 12.5. The first-order valence-corrected chi connectivity index (χ1v) is 7.32. The van der Waals surface area contributed by atoms with E-state index in [-0.39, 0.29) is 29.9 Å². The fourth-order valence-electron chi connectivity index (χ4n) is 2.63. The normalized spacial score (nSPS) is 21.6. The quantitative estimate of drug-likeness (QED) is 0.834. The van der Waals surface area contributed by atoms with Crippen LogP contribution in [0.2, 0.25) is 0 Å². The van der Waals surface area contributed by atoms with Crippen LogP contribution in [-0.2, 0) is 9.53 Å². The smallest absolute Gasteiger partial charge is 0.342 e. The van der Waals surface area contributed by atoms with Crippen molar-refractivity contribution in [3.05, 3.63) is 29.8 Å². The molecule has 5 heteroatoms. The molecular formula is C16H21NO4. The molecule has 114 valence electrons. The van der Waals surface area contributed by atoms with Crippen LogP contribution in [0.25, 0.3) is 0 Å². The van der Waals surface area contributed by atoms with Gasteiger partial charge in [0.1, 0.15) is 11.3 Å². The van der Waals surface area contributed by atoms with Gasteiger partial charge in [-0.05, 0) is 30.9 Å². The summed E-state index contributed by atoms with van der Waals surface area (Å²) in [6.07, 6.45) is 4.41. The first-order valence-electron chi connectivity index (χ1n) is 7.32. The van der Waals surface area contributed by atoms with Gasteiger partial charge in [0.25, 0.3) is 5.91 Å². The van der Waals surface area contributed by atoms with Crippen LogP contribution in [0.3, 0.4) is 0 Å². The number of aromatic hydroxyl groups is 1. The van der Waals surface area contributed by atoms with Gasteiger partial charge in [0.15, 0.2) is 6.61 Å². The molecule has 0 spiro atoms. The van der Waals surface area contributed by atoms with Crippen molar-refractivity contribution in [2.24, 2.45) is 5.92 Å². The fourth-order valence-corrected chi connectivity index (χ4v) is 2.63. The van der Waals surface area contributed by atoms with Crippen LogP contribution in [0, 0.1) is 5.92 Å². The molecule has 1 aliphatic carbocycles. The predicted octanol–water partition coefficient (Wildman–Crippen LogP) is 2.24. The molecule has 1 aromatic rings. The van der Waals surface area contributed by atoms with Crippen molar-refractivity contribution in [3.63, 3.8) is 0 Å². The second-order valence-corrected chi connectivity index (χ2v) is 5.53. The Hall–Kier alpha value is -2.04. The minimum absolute atomic E-state index is 0.0661. The Morgan fingerprint density at radius 3 is 2.71 bits per heavy atom. The molecule has 0 heterocycles. The Morgan fingerprint density at radius 1 is 1.29 bits per heavy atom. The van der Waals surface area contributed by atoms with Gasteiger partial charge in [-0.15, -0.1) is 0 Å².